The van der Waals surface area contributed by atoms with Crippen LogP contribution in [-0.4, -0.2) is 26.1 Å². The molecule has 4 rings (SSSR count). The lowest BCUT2D eigenvalue weighted by Gasteiger charge is -2.08. The Kier molecular flexibility index (Phi) is 4.00. The molecule has 0 aliphatic carbocycles. The zero-order chi connectivity index (χ0) is 17.1. The summed E-state index contributed by atoms with van der Waals surface area (Å²) in [6.45, 7) is 0.771. The maximum atomic E-state index is 5.77. The van der Waals surface area contributed by atoms with Gasteiger partial charge >= 0.3 is 0 Å². The van der Waals surface area contributed by atoms with Gasteiger partial charge in [0.2, 0.25) is 0 Å². The zero-order valence-corrected chi connectivity index (χ0v) is 13.6. The van der Waals surface area contributed by atoms with Crippen LogP contribution in [0.1, 0.15) is 5.69 Å². The van der Waals surface area contributed by atoms with Crippen LogP contribution in [0.2, 0.25) is 0 Å². The maximum absolute atomic E-state index is 5.77. The first-order valence-electron chi connectivity index (χ1n) is 8.14. The molecular formula is C19H18N6. The lowest BCUT2D eigenvalue weighted by atomic mass is 10.1. The Morgan fingerprint density at radius 1 is 0.960 bits per heavy atom. The van der Waals surface area contributed by atoms with Crippen LogP contribution in [0.25, 0.3) is 16.8 Å². The first kappa shape index (κ1) is 15.1. The van der Waals surface area contributed by atoms with Crippen molar-refractivity contribution in [1.29, 1.82) is 0 Å². The van der Waals surface area contributed by atoms with Crippen molar-refractivity contribution in [3.05, 3.63) is 72.8 Å². The molecule has 1 aromatic carbocycles. The van der Waals surface area contributed by atoms with E-state index in [1.807, 2.05) is 65.4 Å². The smallest absolute Gasteiger partial charge is 0.165 e. The van der Waals surface area contributed by atoms with Gasteiger partial charge in [0.1, 0.15) is 5.82 Å². The highest BCUT2D eigenvalue weighted by molar-refractivity contribution is 5.78. The fraction of sp³-hybridized carbons (Fsp3) is 0.105. The fourth-order valence-corrected chi connectivity index (χ4v) is 2.76. The van der Waals surface area contributed by atoms with Gasteiger partial charge in [-0.15, -0.1) is 0 Å². The summed E-state index contributed by atoms with van der Waals surface area (Å²) in [5.74, 6) is 0.905. The molecule has 0 aliphatic rings. The second-order valence-corrected chi connectivity index (χ2v) is 5.74. The van der Waals surface area contributed by atoms with Gasteiger partial charge in [0.15, 0.2) is 5.65 Å². The monoisotopic (exact) mass is 330 g/mol. The van der Waals surface area contributed by atoms with Gasteiger partial charge in [0.25, 0.3) is 0 Å². The molecule has 4 aromatic rings. The molecule has 6 heteroatoms. The molecule has 0 bridgehead atoms. The van der Waals surface area contributed by atoms with Crippen LogP contribution in [0.4, 0.5) is 11.5 Å². The van der Waals surface area contributed by atoms with E-state index in [-0.39, 0.29) is 0 Å². The average Bonchev–Trinajstić information content (AvgIpc) is 3.08. The summed E-state index contributed by atoms with van der Waals surface area (Å²) in [7, 11) is 0. The normalized spacial score (nSPS) is 10.9. The Hall–Kier alpha value is -3.41. The van der Waals surface area contributed by atoms with Crippen LogP contribution in [0.3, 0.4) is 0 Å². The van der Waals surface area contributed by atoms with Gasteiger partial charge in [0, 0.05) is 42.3 Å². The van der Waals surface area contributed by atoms with Crippen LogP contribution in [-0.2, 0) is 6.42 Å². The molecule has 25 heavy (non-hydrogen) atoms. The molecule has 124 valence electrons. The number of hydrogen-bond acceptors (Lipinski definition) is 5. The number of nitrogens with zero attached hydrogens (tertiary/aromatic N) is 4. The molecule has 0 aliphatic heterocycles. The Balaban J connectivity index is 1.57. The number of benzene rings is 1. The van der Waals surface area contributed by atoms with Gasteiger partial charge in [-0.2, -0.15) is 9.61 Å². The molecule has 0 spiro atoms. The zero-order valence-electron chi connectivity index (χ0n) is 13.6. The fourth-order valence-electron chi connectivity index (χ4n) is 2.76. The number of fused-ring (bicyclic) bond motifs is 1. The predicted molar refractivity (Wildman–Crippen MR) is 99.3 cm³/mol. The molecule has 0 unspecified atom stereocenters. The highest BCUT2D eigenvalue weighted by Crippen LogP contribution is 2.25. The Labute approximate surface area is 145 Å². The summed E-state index contributed by atoms with van der Waals surface area (Å²) in [5.41, 5.74) is 10.4. The van der Waals surface area contributed by atoms with Gasteiger partial charge in [-0.3, -0.25) is 4.98 Å². The van der Waals surface area contributed by atoms with Crippen molar-refractivity contribution in [1.82, 2.24) is 19.6 Å². The standard InChI is InChI=1S/C19H18N6/c20-15-6-4-14(5-7-15)17-13-24-25-18(9-12-23-19(17)25)22-11-8-16-3-1-2-10-21-16/h1-7,9-10,12-13,22H,8,11,20H2. The summed E-state index contributed by atoms with van der Waals surface area (Å²) in [5, 5.41) is 7.90. The van der Waals surface area contributed by atoms with Crippen molar-refractivity contribution in [2.75, 3.05) is 17.6 Å². The highest BCUT2D eigenvalue weighted by atomic mass is 15.3. The van der Waals surface area contributed by atoms with Gasteiger partial charge in [-0.05, 0) is 35.9 Å². The second kappa shape index (κ2) is 6.60. The van der Waals surface area contributed by atoms with Crippen molar-refractivity contribution >= 4 is 17.2 Å². The highest BCUT2D eigenvalue weighted by Gasteiger charge is 2.10. The third kappa shape index (κ3) is 3.14. The summed E-state index contributed by atoms with van der Waals surface area (Å²) >= 11 is 0. The lowest BCUT2D eigenvalue weighted by Crippen LogP contribution is -2.09. The Morgan fingerprint density at radius 3 is 2.64 bits per heavy atom. The predicted octanol–water partition coefficient (Wildman–Crippen LogP) is 3.03. The van der Waals surface area contributed by atoms with Gasteiger partial charge in [-0.1, -0.05) is 18.2 Å². The van der Waals surface area contributed by atoms with E-state index in [1.165, 1.54) is 0 Å². The molecular weight excluding hydrogens is 312 g/mol. The number of nitrogens with two attached hydrogens (primary N) is 1. The van der Waals surface area contributed by atoms with E-state index < -0.39 is 0 Å². The number of pyridine rings is 1. The van der Waals surface area contributed by atoms with Gasteiger partial charge < -0.3 is 11.1 Å². The van der Waals surface area contributed by atoms with Crippen molar-refractivity contribution < 1.29 is 0 Å². The van der Waals surface area contributed by atoms with Crippen molar-refractivity contribution in [3.8, 4) is 11.1 Å². The second-order valence-electron chi connectivity index (χ2n) is 5.74. The minimum Gasteiger partial charge on any atom is -0.399 e. The third-order valence-corrected chi connectivity index (χ3v) is 4.04. The van der Waals surface area contributed by atoms with Crippen LogP contribution in [0, 0.1) is 0 Å². The van der Waals surface area contributed by atoms with Crippen molar-refractivity contribution in [3.63, 3.8) is 0 Å². The Bertz CT molecular complexity index is 976. The molecule has 3 aromatic heterocycles. The molecule has 0 radical (unpaired) electrons. The lowest BCUT2D eigenvalue weighted by molar-refractivity contribution is 0.901. The summed E-state index contributed by atoms with van der Waals surface area (Å²) < 4.78 is 1.82. The molecule has 3 N–H and O–H groups in total. The van der Waals surface area contributed by atoms with E-state index in [2.05, 4.69) is 20.4 Å². The number of nitrogens with one attached hydrogen (secondary N) is 1. The number of anilines is 2. The van der Waals surface area contributed by atoms with Crippen LogP contribution < -0.4 is 11.1 Å². The Morgan fingerprint density at radius 2 is 1.84 bits per heavy atom. The van der Waals surface area contributed by atoms with E-state index in [1.54, 1.807) is 6.20 Å². The van der Waals surface area contributed by atoms with E-state index in [0.717, 1.165) is 46.9 Å². The number of hydrogen-bond donors (Lipinski definition) is 2. The van der Waals surface area contributed by atoms with E-state index in [9.17, 15) is 0 Å². The van der Waals surface area contributed by atoms with Gasteiger partial charge in [-0.25, -0.2) is 4.98 Å². The summed E-state index contributed by atoms with van der Waals surface area (Å²) in [4.78, 5) is 8.82. The third-order valence-electron chi connectivity index (χ3n) is 4.04. The van der Waals surface area contributed by atoms with E-state index >= 15 is 0 Å². The van der Waals surface area contributed by atoms with Gasteiger partial charge in [0.05, 0.1) is 6.20 Å². The molecule has 0 saturated heterocycles. The summed E-state index contributed by atoms with van der Waals surface area (Å²) in [6.07, 6.45) is 6.28. The van der Waals surface area contributed by atoms with Crippen molar-refractivity contribution in [2.24, 2.45) is 0 Å². The first-order valence-corrected chi connectivity index (χ1v) is 8.14. The number of rotatable bonds is 5. The van der Waals surface area contributed by atoms with Crippen LogP contribution in [0.5, 0.6) is 0 Å². The minimum absolute atomic E-state index is 0.741. The van der Waals surface area contributed by atoms with E-state index in [0.29, 0.717) is 0 Å². The first-order chi connectivity index (χ1) is 12.3. The topological polar surface area (TPSA) is 81.1 Å². The largest absolute Gasteiger partial charge is 0.399 e. The SMILES string of the molecule is Nc1ccc(-c2cnn3c(NCCc4ccccn4)ccnc23)cc1. The van der Waals surface area contributed by atoms with E-state index in [4.69, 9.17) is 5.73 Å². The van der Waals surface area contributed by atoms with Crippen molar-refractivity contribution in [2.45, 2.75) is 6.42 Å². The number of nitrogen functional groups attached to an aromatic ring is 1. The molecule has 3 heterocycles. The van der Waals surface area contributed by atoms with Crippen LogP contribution in [0.15, 0.2) is 67.1 Å². The molecule has 0 saturated carbocycles. The number of aromatic nitrogens is 4. The quantitative estimate of drug-likeness (QED) is 0.550. The molecule has 0 atom stereocenters. The molecule has 6 nitrogen and oxygen atoms in total. The summed E-state index contributed by atoms with van der Waals surface area (Å²) in [6, 6.07) is 15.6. The molecule has 0 amide bonds. The van der Waals surface area contributed by atoms with Crippen LogP contribution >= 0.6 is 0 Å². The maximum Gasteiger partial charge on any atom is 0.165 e. The average molecular weight is 330 g/mol. The minimum atomic E-state index is 0.741. The molecule has 0 fully saturated rings.